The van der Waals surface area contributed by atoms with Gasteiger partial charge in [0.1, 0.15) is 0 Å². The molecule has 23 heavy (non-hydrogen) atoms. The maximum absolute atomic E-state index is 12.6. The number of rotatable bonds is 4. The predicted octanol–water partition coefficient (Wildman–Crippen LogP) is 2.86. The Labute approximate surface area is 143 Å². The van der Waals surface area contributed by atoms with Crippen LogP contribution >= 0.6 is 12.4 Å². The van der Waals surface area contributed by atoms with Gasteiger partial charge in [-0.1, -0.05) is 30.3 Å². The summed E-state index contributed by atoms with van der Waals surface area (Å²) in [5, 5.41) is 0. The highest BCUT2D eigenvalue weighted by Crippen LogP contribution is 2.22. The van der Waals surface area contributed by atoms with Gasteiger partial charge in [0.25, 0.3) is 0 Å². The SMILES string of the molecule is Cl.Nc1ccc(CC(=O)N2CCCC2Cc2ccccc2)nc1. The van der Waals surface area contributed by atoms with Crippen LogP contribution in [0.25, 0.3) is 0 Å². The molecule has 0 spiro atoms. The van der Waals surface area contributed by atoms with Crippen LogP contribution in [0.3, 0.4) is 0 Å². The minimum atomic E-state index is 0. The molecule has 2 aromatic rings. The van der Waals surface area contributed by atoms with Crippen molar-refractivity contribution in [3.05, 3.63) is 59.9 Å². The molecule has 1 aromatic heterocycles. The van der Waals surface area contributed by atoms with Crippen LogP contribution in [0.15, 0.2) is 48.7 Å². The average molecular weight is 332 g/mol. The number of nitrogens with zero attached hydrogens (tertiary/aromatic N) is 2. The fourth-order valence-corrected chi connectivity index (χ4v) is 3.06. The van der Waals surface area contributed by atoms with E-state index in [4.69, 9.17) is 5.73 Å². The van der Waals surface area contributed by atoms with Gasteiger partial charge in [-0.25, -0.2) is 0 Å². The van der Waals surface area contributed by atoms with E-state index in [2.05, 4.69) is 29.2 Å². The smallest absolute Gasteiger partial charge is 0.228 e. The van der Waals surface area contributed by atoms with E-state index in [0.29, 0.717) is 18.2 Å². The Morgan fingerprint density at radius 2 is 2.00 bits per heavy atom. The zero-order chi connectivity index (χ0) is 15.4. The number of aromatic nitrogens is 1. The lowest BCUT2D eigenvalue weighted by Gasteiger charge is -2.25. The maximum Gasteiger partial charge on any atom is 0.228 e. The van der Waals surface area contributed by atoms with E-state index in [9.17, 15) is 4.79 Å². The van der Waals surface area contributed by atoms with Gasteiger partial charge in [0.15, 0.2) is 0 Å². The van der Waals surface area contributed by atoms with E-state index >= 15 is 0 Å². The minimum absolute atomic E-state index is 0. The van der Waals surface area contributed by atoms with Gasteiger partial charge in [-0.05, 0) is 37.0 Å². The summed E-state index contributed by atoms with van der Waals surface area (Å²) in [6, 6.07) is 14.3. The van der Waals surface area contributed by atoms with Gasteiger partial charge in [-0.2, -0.15) is 0 Å². The first-order chi connectivity index (χ1) is 10.7. The zero-order valence-corrected chi connectivity index (χ0v) is 13.8. The summed E-state index contributed by atoms with van der Waals surface area (Å²) in [5.41, 5.74) is 8.33. The van der Waals surface area contributed by atoms with Crippen molar-refractivity contribution < 1.29 is 4.79 Å². The average Bonchev–Trinajstić information content (AvgIpc) is 2.99. The molecule has 1 aromatic carbocycles. The van der Waals surface area contributed by atoms with Gasteiger partial charge in [-0.15, -0.1) is 12.4 Å². The highest BCUT2D eigenvalue weighted by atomic mass is 35.5. The summed E-state index contributed by atoms with van der Waals surface area (Å²) in [7, 11) is 0. The summed E-state index contributed by atoms with van der Waals surface area (Å²) >= 11 is 0. The summed E-state index contributed by atoms with van der Waals surface area (Å²) < 4.78 is 0. The second kappa shape index (κ2) is 7.97. The Balaban J connectivity index is 0.00000192. The van der Waals surface area contributed by atoms with E-state index in [1.54, 1.807) is 12.3 Å². The largest absolute Gasteiger partial charge is 0.397 e. The molecule has 0 bridgehead atoms. The highest BCUT2D eigenvalue weighted by molar-refractivity contribution is 5.85. The Kier molecular flexibility index (Phi) is 5.99. The molecule has 1 fully saturated rings. The number of hydrogen-bond acceptors (Lipinski definition) is 3. The van der Waals surface area contributed by atoms with Crippen molar-refractivity contribution in [3.63, 3.8) is 0 Å². The molecule has 5 heteroatoms. The van der Waals surface area contributed by atoms with Gasteiger partial charge in [0.2, 0.25) is 5.91 Å². The third-order valence-electron chi connectivity index (χ3n) is 4.19. The Hall–Kier alpha value is -2.07. The Bertz CT molecular complexity index is 630. The number of hydrogen-bond donors (Lipinski definition) is 1. The first kappa shape index (κ1) is 17.3. The minimum Gasteiger partial charge on any atom is -0.397 e. The van der Waals surface area contributed by atoms with Crippen molar-refractivity contribution in [2.75, 3.05) is 12.3 Å². The van der Waals surface area contributed by atoms with Crippen molar-refractivity contribution in [2.45, 2.75) is 31.7 Å². The van der Waals surface area contributed by atoms with Crippen molar-refractivity contribution in [2.24, 2.45) is 0 Å². The van der Waals surface area contributed by atoms with E-state index in [-0.39, 0.29) is 18.3 Å². The van der Waals surface area contributed by atoms with Gasteiger partial charge < -0.3 is 10.6 Å². The normalized spacial score (nSPS) is 16.9. The molecule has 1 amide bonds. The topological polar surface area (TPSA) is 59.2 Å². The van der Waals surface area contributed by atoms with Crippen molar-refractivity contribution in [3.8, 4) is 0 Å². The molecule has 0 aliphatic carbocycles. The molecule has 3 rings (SSSR count). The molecule has 1 unspecified atom stereocenters. The Morgan fingerprint density at radius 3 is 2.70 bits per heavy atom. The molecule has 0 radical (unpaired) electrons. The lowest BCUT2D eigenvalue weighted by atomic mass is 10.0. The van der Waals surface area contributed by atoms with Gasteiger partial charge in [0, 0.05) is 18.3 Å². The molecule has 1 atom stereocenters. The van der Waals surface area contributed by atoms with Gasteiger partial charge in [0.05, 0.1) is 18.3 Å². The monoisotopic (exact) mass is 331 g/mol. The fraction of sp³-hybridized carbons (Fsp3) is 0.333. The quantitative estimate of drug-likeness (QED) is 0.937. The fourth-order valence-electron chi connectivity index (χ4n) is 3.06. The second-order valence-corrected chi connectivity index (χ2v) is 5.83. The van der Waals surface area contributed by atoms with Crippen molar-refractivity contribution >= 4 is 24.0 Å². The lowest BCUT2D eigenvalue weighted by molar-refractivity contribution is -0.131. The van der Waals surface area contributed by atoms with E-state index < -0.39 is 0 Å². The highest BCUT2D eigenvalue weighted by Gasteiger charge is 2.28. The number of carbonyl (C=O) groups excluding carboxylic acids is 1. The number of likely N-dealkylation sites (tertiary alicyclic amines) is 1. The number of benzene rings is 1. The summed E-state index contributed by atoms with van der Waals surface area (Å²) in [6.07, 6.45) is 5.05. The number of nitrogen functional groups attached to an aromatic ring is 1. The van der Waals surface area contributed by atoms with Crippen LogP contribution in [0.4, 0.5) is 5.69 Å². The standard InChI is InChI=1S/C18H21N3O.ClH/c19-15-8-9-16(20-13-15)12-18(22)21-10-4-7-17(21)11-14-5-2-1-3-6-14;/h1-3,5-6,8-9,13,17H,4,7,10-12,19H2;1H. The molecule has 1 aliphatic heterocycles. The zero-order valence-electron chi connectivity index (χ0n) is 13.0. The van der Waals surface area contributed by atoms with Crippen LogP contribution in [-0.4, -0.2) is 28.4 Å². The second-order valence-electron chi connectivity index (χ2n) is 5.83. The number of nitrogens with two attached hydrogens (primary N) is 1. The van der Waals surface area contributed by atoms with Crippen LogP contribution in [0.2, 0.25) is 0 Å². The van der Waals surface area contributed by atoms with E-state index in [1.165, 1.54) is 5.56 Å². The first-order valence-electron chi connectivity index (χ1n) is 7.76. The molecule has 4 nitrogen and oxygen atoms in total. The maximum atomic E-state index is 12.6. The molecule has 2 N–H and O–H groups in total. The van der Waals surface area contributed by atoms with E-state index in [1.807, 2.05) is 17.0 Å². The third kappa shape index (κ3) is 4.45. The molecule has 122 valence electrons. The van der Waals surface area contributed by atoms with Crippen molar-refractivity contribution in [1.82, 2.24) is 9.88 Å². The van der Waals surface area contributed by atoms with Crippen molar-refractivity contribution in [1.29, 1.82) is 0 Å². The van der Waals surface area contributed by atoms with E-state index in [0.717, 1.165) is 31.5 Å². The molecule has 1 saturated heterocycles. The molecular formula is C18H22ClN3O. The van der Waals surface area contributed by atoms with Crippen LogP contribution in [-0.2, 0) is 17.6 Å². The molecule has 1 aliphatic rings. The number of carbonyl (C=O) groups is 1. The summed E-state index contributed by atoms with van der Waals surface area (Å²) in [5.74, 6) is 0.163. The molecule has 2 heterocycles. The first-order valence-corrected chi connectivity index (χ1v) is 7.76. The lowest BCUT2D eigenvalue weighted by Crippen LogP contribution is -2.37. The van der Waals surface area contributed by atoms with Gasteiger partial charge in [-0.3, -0.25) is 9.78 Å². The van der Waals surface area contributed by atoms with Crippen LogP contribution < -0.4 is 5.73 Å². The predicted molar refractivity (Wildman–Crippen MR) is 94.5 cm³/mol. The number of halogens is 1. The summed E-state index contributed by atoms with van der Waals surface area (Å²) in [6.45, 7) is 0.852. The summed E-state index contributed by atoms with van der Waals surface area (Å²) in [4.78, 5) is 18.8. The molecular weight excluding hydrogens is 310 g/mol. The number of anilines is 1. The number of amides is 1. The molecule has 0 saturated carbocycles. The van der Waals surface area contributed by atoms with Crippen LogP contribution in [0, 0.1) is 0 Å². The van der Waals surface area contributed by atoms with Crippen LogP contribution in [0.5, 0.6) is 0 Å². The number of pyridine rings is 1. The van der Waals surface area contributed by atoms with Gasteiger partial charge >= 0.3 is 0 Å². The Morgan fingerprint density at radius 1 is 1.22 bits per heavy atom. The third-order valence-corrected chi connectivity index (χ3v) is 4.19. The van der Waals surface area contributed by atoms with Crippen LogP contribution in [0.1, 0.15) is 24.1 Å².